The molecule has 3 N–H and O–H groups in total. The minimum Gasteiger partial charge on any atom is -0.396 e. The van der Waals surface area contributed by atoms with Crippen LogP contribution < -0.4 is 10.6 Å². The van der Waals surface area contributed by atoms with E-state index in [0.717, 1.165) is 24.9 Å². The summed E-state index contributed by atoms with van der Waals surface area (Å²) in [6.45, 7) is 7.78. The molecule has 0 heterocycles. The van der Waals surface area contributed by atoms with Crippen molar-refractivity contribution in [2.75, 3.05) is 25.0 Å². The number of carbonyl (C=O) groups excluding carboxylic acids is 1. The smallest absolute Gasteiger partial charge is 0.251 e. The van der Waals surface area contributed by atoms with Gasteiger partial charge in [0.25, 0.3) is 5.91 Å². The Hall–Kier alpha value is -1.55. The summed E-state index contributed by atoms with van der Waals surface area (Å²) in [5, 5.41) is 15.8. The van der Waals surface area contributed by atoms with Gasteiger partial charge >= 0.3 is 0 Å². The van der Waals surface area contributed by atoms with Crippen LogP contribution in [0.1, 0.15) is 50.4 Å². The van der Waals surface area contributed by atoms with Crippen LogP contribution in [0.15, 0.2) is 24.3 Å². The lowest BCUT2D eigenvalue weighted by Gasteiger charge is -2.30. The normalized spacial score (nSPS) is 11.2. The lowest BCUT2D eigenvalue weighted by molar-refractivity contribution is 0.0953. The third-order valence-electron chi connectivity index (χ3n) is 4.16. The molecule has 1 amide bonds. The van der Waals surface area contributed by atoms with Crippen molar-refractivity contribution in [3.8, 4) is 0 Å². The molecule has 0 fully saturated rings. The van der Waals surface area contributed by atoms with E-state index >= 15 is 0 Å². The maximum atomic E-state index is 11.9. The fraction of sp³-hybridized carbons (Fsp3) is 0.588. The fourth-order valence-corrected chi connectivity index (χ4v) is 2.18. The molecule has 0 radical (unpaired) electrons. The Morgan fingerprint density at radius 3 is 2.52 bits per heavy atom. The van der Waals surface area contributed by atoms with Gasteiger partial charge in [-0.2, -0.15) is 0 Å². The summed E-state index contributed by atoms with van der Waals surface area (Å²) in [5.74, 6) is -0.0418. The van der Waals surface area contributed by atoms with Crippen LogP contribution in [0.2, 0.25) is 0 Å². The van der Waals surface area contributed by atoms with Crippen molar-refractivity contribution in [2.45, 2.75) is 40.0 Å². The summed E-state index contributed by atoms with van der Waals surface area (Å²) in [6, 6.07) is 7.50. The lowest BCUT2D eigenvalue weighted by atomic mass is 9.83. The average Bonchev–Trinajstić information content (AvgIpc) is 2.54. The zero-order valence-corrected chi connectivity index (χ0v) is 13.4. The van der Waals surface area contributed by atoms with Gasteiger partial charge in [-0.1, -0.05) is 26.8 Å². The zero-order valence-electron chi connectivity index (χ0n) is 13.4. The molecule has 0 aliphatic carbocycles. The van der Waals surface area contributed by atoms with Crippen molar-refractivity contribution in [1.82, 2.24) is 5.32 Å². The summed E-state index contributed by atoms with van der Waals surface area (Å²) in [5.41, 5.74) is 1.48. The molecule has 21 heavy (non-hydrogen) atoms. The molecule has 0 saturated carbocycles. The highest BCUT2D eigenvalue weighted by molar-refractivity contribution is 5.95. The molecule has 0 aromatic heterocycles. The number of nitrogens with one attached hydrogen (secondary N) is 2. The minimum absolute atomic E-state index is 0.0418. The van der Waals surface area contributed by atoms with Crippen molar-refractivity contribution in [3.05, 3.63) is 29.8 Å². The standard InChI is InChI=1S/C17H28N2O2/c1-4-10-18-16(21)14-8-7-9-15(11-14)19-12-17(5-2,6-3)13-20/h7-9,11,19-20H,4-6,10,12-13H2,1-3H3,(H,18,21). The van der Waals surface area contributed by atoms with Gasteiger partial charge in [-0.05, 0) is 37.5 Å². The molecule has 0 atom stereocenters. The van der Waals surface area contributed by atoms with Crippen LogP contribution >= 0.6 is 0 Å². The van der Waals surface area contributed by atoms with Gasteiger partial charge in [0, 0.05) is 29.8 Å². The first-order valence-electron chi connectivity index (χ1n) is 7.83. The van der Waals surface area contributed by atoms with E-state index < -0.39 is 0 Å². The molecular weight excluding hydrogens is 264 g/mol. The Labute approximate surface area is 128 Å². The predicted molar refractivity (Wildman–Crippen MR) is 87.7 cm³/mol. The number of rotatable bonds is 9. The van der Waals surface area contributed by atoms with E-state index in [4.69, 9.17) is 0 Å². The molecule has 118 valence electrons. The Morgan fingerprint density at radius 1 is 1.24 bits per heavy atom. The molecular formula is C17H28N2O2. The van der Waals surface area contributed by atoms with Gasteiger partial charge in [0.1, 0.15) is 0 Å². The number of benzene rings is 1. The minimum atomic E-state index is -0.0968. The number of hydrogen-bond donors (Lipinski definition) is 3. The summed E-state index contributed by atoms with van der Waals surface area (Å²) in [6.07, 6.45) is 2.77. The van der Waals surface area contributed by atoms with Crippen LogP contribution in [-0.2, 0) is 0 Å². The molecule has 0 aliphatic rings. The lowest BCUT2D eigenvalue weighted by Crippen LogP contribution is -2.32. The third kappa shape index (κ3) is 5.05. The zero-order chi connectivity index (χ0) is 15.7. The molecule has 0 unspecified atom stereocenters. The van der Waals surface area contributed by atoms with E-state index in [1.807, 2.05) is 31.2 Å². The maximum absolute atomic E-state index is 11.9. The van der Waals surface area contributed by atoms with Crippen molar-refractivity contribution >= 4 is 11.6 Å². The van der Waals surface area contributed by atoms with Crippen LogP contribution in [0.5, 0.6) is 0 Å². The molecule has 1 rings (SSSR count). The van der Waals surface area contributed by atoms with Crippen LogP contribution in [0.25, 0.3) is 0 Å². The monoisotopic (exact) mass is 292 g/mol. The van der Waals surface area contributed by atoms with E-state index in [0.29, 0.717) is 18.7 Å². The number of amides is 1. The number of aliphatic hydroxyl groups excluding tert-OH is 1. The number of carbonyl (C=O) groups is 1. The Balaban J connectivity index is 2.70. The second kappa shape index (κ2) is 8.67. The van der Waals surface area contributed by atoms with Crippen LogP contribution in [-0.4, -0.2) is 30.7 Å². The summed E-state index contributed by atoms with van der Waals surface area (Å²) < 4.78 is 0. The fourth-order valence-electron chi connectivity index (χ4n) is 2.18. The second-order valence-electron chi connectivity index (χ2n) is 5.56. The second-order valence-corrected chi connectivity index (χ2v) is 5.56. The molecule has 1 aromatic rings. The van der Waals surface area contributed by atoms with Gasteiger partial charge in [0.05, 0.1) is 6.61 Å². The summed E-state index contributed by atoms with van der Waals surface area (Å²) in [7, 11) is 0. The predicted octanol–water partition coefficient (Wildman–Crippen LogP) is 3.04. The first-order valence-corrected chi connectivity index (χ1v) is 7.83. The van der Waals surface area contributed by atoms with Gasteiger partial charge in [-0.15, -0.1) is 0 Å². The Kier molecular flexibility index (Phi) is 7.23. The summed E-state index contributed by atoms with van der Waals surface area (Å²) >= 11 is 0. The van der Waals surface area contributed by atoms with Gasteiger partial charge < -0.3 is 15.7 Å². The largest absolute Gasteiger partial charge is 0.396 e. The highest BCUT2D eigenvalue weighted by Gasteiger charge is 2.24. The molecule has 1 aromatic carbocycles. The third-order valence-corrected chi connectivity index (χ3v) is 4.16. The Morgan fingerprint density at radius 2 is 1.95 bits per heavy atom. The average molecular weight is 292 g/mol. The van der Waals surface area contributed by atoms with Crippen LogP contribution in [0.3, 0.4) is 0 Å². The SMILES string of the molecule is CCCNC(=O)c1cccc(NCC(CC)(CC)CO)c1. The quantitative estimate of drug-likeness (QED) is 0.655. The first kappa shape index (κ1) is 17.5. The van der Waals surface area contributed by atoms with Crippen molar-refractivity contribution in [1.29, 1.82) is 0 Å². The molecule has 0 spiro atoms. The van der Waals surface area contributed by atoms with Gasteiger partial charge in [0.2, 0.25) is 0 Å². The molecule has 0 saturated heterocycles. The highest BCUT2D eigenvalue weighted by Crippen LogP contribution is 2.26. The molecule has 4 heteroatoms. The number of anilines is 1. The Bertz CT molecular complexity index is 434. The first-order chi connectivity index (χ1) is 10.1. The van der Waals surface area contributed by atoms with Crippen molar-refractivity contribution in [3.63, 3.8) is 0 Å². The topological polar surface area (TPSA) is 61.4 Å². The van der Waals surface area contributed by atoms with E-state index in [1.165, 1.54) is 0 Å². The van der Waals surface area contributed by atoms with E-state index in [1.54, 1.807) is 0 Å². The van der Waals surface area contributed by atoms with Crippen molar-refractivity contribution in [2.24, 2.45) is 5.41 Å². The van der Waals surface area contributed by atoms with Crippen molar-refractivity contribution < 1.29 is 9.90 Å². The van der Waals surface area contributed by atoms with E-state index in [2.05, 4.69) is 24.5 Å². The molecule has 4 nitrogen and oxygen atoms in total. The van der Waals surface area contributed by atoms with Crippen LogP contribution in [0.4, 0.5) is 5.69 Å². The maximum Gasteiger partial charge on any atom is 0.251 e. The number of hydrogen-bond acceptors (Lipinski definition) is 3. The highest BCUT2D eigenvalue weighted by atomic mass is 16.3. The van der Waals surface area contributed by atoms with Gasteiger partial charge in [-0.25, -0.2) is 0 Å². The molecule has 0 aliphatic heterocycles. The van der Waals surface area contributed by atoms with Gasteiger partial charge in [0.15, 0.2) is 0 Å². The number of aliphatic hydroxyl groups is 1. The van der Waals surface area contributed by atoms with E-state index in [-0.39, 0.29) is 17.9 Å². The van der Waals surface area contributed by atoms with Crippen LogP contribution in [0, 0.1) is 5.41 Å². The van der Waals surface area contributed by atoms with E-state index in [9.17, 15) is 9.90 Å². The summed E-state index contributed by atoms with van der Waals surface area (Å²) in [4.78, 5) is 11.9. The van der Waals surface area contributed by atoms with Gasteiger partial charge in [-0.3, -0.25) is 4.79 Å². The molecule has 0 bridgehead atoms.